The number of anilines is 1. The molecular weight excluding hydrogens is 300 g/mol. The van der Waals surface area contributed by atoms with Gasteiger partial charge in [-0.1, -0.05) is 30.3 Å². The molecule has 0 atom stereocenters. The largest absolute Gasteiger partial charge is 0.362 e. The number of fused-ring (bicyclic) bond motifs is 2. The van der Waals surface area contributed by atoms with E-state index < -0.39 is 0 Å². The van der Waals surface area contributed by atoms with Gasteiger partial charge in [-0.2, -0.15) is 0 Å². The molecule has 0 bridgehead atoms. The van der Waals surface area contributed by atoms with Gasteiger partial charge in [0.05, 0.1) is 16.8 Å². The molecule has 0 amide bonds. The third kappa shape index (κ3) is 2.13. The van der Waals surface area contributed by atoms with E-state index in [1.807, 2.05) is 67.5 Å². The van der Waals surface area contributed by atoms with Gasteiger partial charge < -0.3 is 9.88 Å². The molecule has 5 heteroatoms. The molecule has 0 saturated carbocycles. The molecule has 0 aliphatic heterocycles. The van der Waals surface area contributed by atoms with E-state index in [0.717, 1.165) is 33.9 Å². The van der Waals surface area contributed by atoms with Crippen LogP contribution in [-0.4, -0.2) is 35.3 Å². The van der Waals surface area contributed by atoms with E-state index in [1.165, 1.54) is 0 Å². The number of rotatable bonds is 3. The first-order chi connectivity index (χ1) is 11.7. The number of benzene rings is 2. The topological polar surface area (TPSA) is 61.9 Å². The Morgan fingerprint density at radius 2 is 1.67 bits per heavy atom. The first-order valence-corrected chi connectivity index (χ1v) is 7.69. The van der Waals surface area contributed by atoms with E-state index in [0.29, 0.717) is 17.1 Å². The summed E-state index contributed by atoms with van der Waals surface area (Å²) in [6.45, 7) is 0. The summed E-state index contributed by atoms with van der Waals surface area (Å²) in [5, 5.41) is 1.86. The molecule has 0 saturated heterocycles. The average Bonchev–Trinajstić information content (AvgIpc) is 2.99. The molecule has 4 aromatic rings. The van der Waals surface area contributed by atoms with Crippen LogP contribution in [0.25, 0.3) is 33.3 Å². The second-order valence-corrected chi connectivity index (χ2v) is 5.86. The summed E-state index contributed by atoms with van der Waals surface area (Å²) >= 11 is 0. The Balaban J connectivity index is 2.05. The van der Waals surface area contributed by atoms with Crippen LogP contribution in [0, 0.1) is 0 Å². The van der Waals surface area contributed by atoms with Gasteiger partial charge in [0, 0.05) is 30.4 Å². The van der Waals surface area contributed by atoms with Crippen molar-refractivity contribution in [1.82, 2.24) is 15.0 Å². The second-order valence-electron chi connectivity index (χ2n) is 5.86. The summed E-state index contributed by atoms with van der Waals surface area (Å²) in [6.07, 6.45) is 0.863. The van der Waals surface area contributed by atoms with Gasteiger partial charge in [-0.15, -0.1) is 0 Å². The van der Waals surface area contributed by atoms with Crippen molar-refractivity contribution in [2.24, 2.45) is 0 Å². The van der Waals surface area contributed by atoms with Crippen LogP contribution in [0.3, 0.4) is 0 Å². The number of carbonyl (C=O) groups is 1. The Morgan fingerprint density at radius 1 is 0.958 bits per heavy atom. The lowest BCUT2D eigenvalue weighted by Gasteiger charge is -2.15. The summed E-state index contributed by atoms with van der Waals surface area (Å²) in [5.74, 6) is 1.35. The van der Waals surface area contributed by atoms with Crippen molar-refractivity contribution >= 4 is 33.9 Å². The fourth-order valence-electron chi connectivity index (χ4n) is 2.97. The lowest BCUT2D eigenvalue weighted by molar-refractivity contribution is 0.112. The SMILES string of the molecule is CN(C)c1nc(-c2[nH]c3ccccc3c2C=O)nc2ccccc12. The summed E-state index contributed by atoms with van der Waals surface area (Å²) < 4.78 is 0. The van der Waals surface area contributed by atoms with Crippen molar-refractivity contribution in [2.45, 2.75) is 0 Å². The van der Waals surface area contributed by atoms with Crippen LogP contribution >= 0.6 is 0 Å². The lowest BCUT2D eigenvalue weighted by atomic mass is 10.1. The minimum absolute atomic E-state index is 0.524. The van der Waals surface area contributed by atoms with Crippen LogP contribution in [0.1, 0.15) is 10.4 Å². The highest BCUT2D eigenvalue weighted by atomic mass is 16.1. The molecule has 0 aliphatic rings. The zero-order valence-corrected chi connectivity index (χ0v) is 13.4. The molecule has 2 aromatic carbocycles. The number of aromatic nitrogens is 3. The van der Waals surface area contributed by atoms with Crippen LogP contribution in [0.5, 0.6) is 0 Å². The van der Waals surface area contributed by atoms with Crippen molar-refractivity contribution in [2.75, 3.05) is 19.0 Å². The number of nitrogens with one attached hydrogen (secondary N) is 1. The summed E-state index contributed by atoms with van der Waals surface area (Å²) in [6, 6.07) is 15.6. The fraction of sp³-hybridized carbons (Fsp3) is 0.105. The summed E-state index contributed by atoms with van der Waals surface area (Å²) in [4.78, 5) is 26.3. The monoisotopic (exact) mass is 316 g/mol. The highest BCUT2D eigenvalue weighted by Crippen LogP contribution is 2.30. The van der Waals surface area contributed by atoms with Crippen molar-refractivity contribution in [3.63, 3.8) is 0 Å². The van der Waals surface area contributed by atoms with Gasteiger partial charge >= 0.3 is 0 Å². The number of para-hydroxylation sites is 2. The molecule has 2 aromatic heterocycles. The van der Waals surface area contributed by atoms with E-state index in [2.05, 4.69) is 9.97 Å². The first-order valence-electron chi connectivity index (χ1n) is 7.69. The van der Waals surface area contributed by atoms with Crippen LogP contribution in [0.15, 0.2) is 48.5 Å². The maximum Gasteiger partial charge on any atom is 0.179 e. The predicted molar refractivity (Wildman–Crippen MR) is 96.5 cm³/mol. The van der Waals surface area contributed by atoms with Crippen molar-refractivity contribution in [3.05, 3.63) is 54.1 Å². The number of hydrogen-bond donors (Lipinski definition) is 1. The molecule has 4 rings (SSSR count). The minimum Gasteiger partial charge on any atom is -0.362 e. The van der Waals surface area contributed by atoms with E-state index in [1.54, 1.807) is 0 Å². The van der Waals surface area contributed by atoms with Crippen molar-refractivity contribution < 1.29 is 4.79 Å². The average molecular weight is 316 g/mol. The predicted octanol–water partition coefficient (Wildman–Crippen LogP) is 3.66. The van der Waals surface area contributed by atoms with E-state index in [9.17, 15) is 4.79 Å². The van der Waals surface area contributed by atoms with E-state index >= 15 is 0 Å². The second kappa shape index (κ2) is 5.45. The third-order valence-electron chi connectivity index (χ3n) is 4.09. The molecule has 24 heavy (non-hydrogen) atoms. The molecule has 0 radical (unpaired) electrons. The van der Waals surface area contributed by atoms with Gasteiger partial charge in [-0.25, -0.2) is 9.97 Å². The Morgan fingerprint density at radius 3 is 2.42 bits per heavy atom. The number of H-pyrrole nitrogens is 1. The van der Waals surface area contributed by atoms with E-state index in [4.69, 9.17) is 4.98 Å². The number of aldehydes is 1. The van der Waals surface area contributed by atoms with Gasteiger partial charge in [0.1, 0.15) is 5.82 Å². The molecule has 118 valence electrons. The Bertz CT molecular complexity index is 1070. The van der Waals surface area contributed by atoms with Crippen LogP contribution in [0.2, 0.25) is 0 Å². The molecule has 0 fully saturated rings. The Hall–Kier alpha value is -3.21. The number of carbonyl (C=O) groups excluding carboxylic acids is 1. The molecule has 5 nitrogen and oxygen atoms in total. The van der Waals surface area contributed by atoms with Gasteiger partial charge in [0.15, 0.2) is 12.1 Å². The lowest BCUT2D eigenvalue weighted by Crippen LogP contribution is -2.12. The maximum absolute atomic E-state index is 11.7. The number of nitrogens with zero attached hydrogens (tertiary/aromatic N) is 3. The fourth-order valence-corrected chi connectivity index (χ4v) is 2.97. The summed E-state index contributed by atoms with van der Waals surface area (Å²) in [7, 11) is 3.90. The Labute approximate surface area is 139 Å². The quantitative estimate of drug-likeness (QED) is 0.586. The normalized spacial score (nSPS) is 11.1. The Kier molecular flexibility index (Phi) is 3.27. The molecule has 1 N–H and O–H groups in total. The van der Waals surface area contributed by atoms with Crippen LogP contribution < -0.4 is 4.90 Å². The van der Waals surface area contributed by atoms with Crippen LogP contribution in [-0.2, 0) is 0 Å². The standard InChI is InChI=1S/C19H16N4O/c1-23(2)19-13-8-4-6-10-16(13)21-18(22-19)17-14(11-24)12-7-3-5-9-15(12)20-17/h3-11,20H,1-2H3. The molecule has 2 heterocycles. The highest BCUT2D eigenvalue weighted by molar-refractivity contribution is 6.04. The van der Waals surface area contributed by atoms with Gasteiger partial charge in [-0.05, 0) is 18.2 Å². The van der Waals surface area contributed by atoms with Crippen molar-refractivity contribution in [1.29, 1.82) is 0 Å². The van der Waals surface area contributed by atoms with Gasteiger partial charge in [0.25, 0.3) is 0 Å². The van der Waals surface area contributed by atoms with Crippen molar-refractivity contribution in [3.8, 4) is 11.5 Å². The third-order valence-corrected chi connectivity index (χ3v) is 4.09. The number of aromatic amines is 1. The highest BCUT2D eigenvalue weighted by Gasteiger charge is 2.17. The zero-order valence-electron chi connectivity index (χ0n) is 13.4. The van der Waals surface area contributed by atoms with E-state index in [-0.39, 0.29) is 0 Å². The van der Waals surface area contributed by atoms with Gasteiger partial charge in [0.2, 0.25) is 0 Å². The maximum atomic E-state index is 11.7. The molecule has 0 spiro atoms. The van der Waals surface area contributed by atoms with Crippen LogP contribution in [0.4, 0.5) is 5.82 Å². The summed E-state index contributed by atoms with van der Waals surface area (Å²) in [5.41, 5.74) is 2.99. The first kappa shape index (κ1) is 14.4. The molecule has 0 unspecified atom stereocenters. The molecular formula is C19H16N4O. The minimum atomic E-state index is 0.524. The molecule has 0 aliphatic carbocycles. The van der Waals surface area contributed by atoms with Gasteiger partial charge in [-0.3, -0.25) is 4.79 Å². The smallest absolute Gasteiger partial charge is 0.179 e. The number of hydrogen-bond acceptors (Lipinski definition) is 4. The zero-order chi connectivity index (χ0) is 16.7.